The van der Waals surface area contributed by atoms with Gasteiger partial charge in [-0.2, -0.15) is 22.0 Å². The first-order valence-electron chi connectivity index (χ1n) is 2.57. The molecule has 0 fully saturated rings. The quantitative estimate of drug-likeness (QED) is 0.567. The lowest BCUT2D eigenvalue weighted by atomic mass is 10.1. The zero-order valence-electron chi connectivity index (χ0n) is 5.63. The van der Waals surface area contributed by atoms with Crippen molar-refractivity contribution in [2.45, 2.75) is 17.2 Å². The number of alkyl halides is 7. The average molecular weight is 230 g/mol. The molecule has 1 amide bonds. The Kier molecular flexibility index (Phi) is 2.78. The number of rotatable bonds is 2. The number of carbonyl (C=O) groups is 1. The van der Waals surface area contributed by atoms with Gasteiger partial charge in [-0.25, -0.2) is 4.39 Å². The fourth-order valence-corrected chi connectivity index (χ4v) is 0.640. The molecule has 0 aliphatic carbocycles. The molecule has 0 spiro atoms. The third kappa shape index (κ3) is 1.82. The summed E-state index contributed by atoms with van der Waals surface area (Å²) in [4.78, 5) is 9.88. The van der Waals surface area contributed by atoms with E-state index in [2.05, 4.69) is 17.3 Å². The first-order valence-corrected chi connectivity index (χ1v) is 2.94. The number of nitrogens with two attached hydrogens (primary N) is 1. The molecule has 0 radical (unpaired) electrons. The van der Waals surface area contributed by atoms with Crippen molar-refractivity contribution >= 4 is 17.5 Å². The van der Waals surface area contributed by atoms with Crippen molar-refractivity contribution in [3.05, 3.63) is 0 Å². The van der Waals surface area contributed by atoms with Gasteiger partial charge in [-0.05, 0) is 11.6 Å². The Bertz CT molecular complexity index is 206. The first kappa shape index (κ1) is 12.3. The minimum atomic E-state index is -6.16. The molecule has 2 N–H and O–H groups in total. The number of primary amides is 1. The maximum Gasteiger partial charge on any atom is 0.439 e. The van der Waals surface area contributed by atoms with Crippen molar-refractivity contribution in [3.63, 3.8) is 0 Å². The Balaban J connectivity index is 5.35. The standard InChI is InChI=1S/C4H2ClF6NO/c5-3(7,8)2(6,1(12)13)4(9,10)11/h(H2,12,13). The molecule has 0 aromatic heterocycles. The molecule has 0 saturated heterocycles. The number of hydrogen-bond acceptors (Lipinski definition) is 1. The predicted octanol–water partition coefficient (Wildman–Crippen LogP) is 1.57. The minimum Gasteiger partial charge on any atom is -0.366 e. The molecule has 0 aromatic rings. The van der Waals surface area contributed by atoms with Gasteiger partial charge in [0.15, 0.2) is 0 Å². The van der Waals surface area contributed by atoms with Crippen LogP contribution >= 0.6 is 11.6 Å². The first-order chi connectivity index (χ1) is 5.44. The van der Waals surface area contributed by atoms with Gasteiger partial charge in [0.25, 0.3) is 5.91 Å². The van der Waals surface area contributed by atoms with Crippen LogP contribution in [-0.4, -0.2) is 23.1 Å². The van der Waals surface area contributed by atoms with Gasteiger partial charge in [-0.3, -0.25) is 4.79 Å². The highest BCUT2D eigenvalue weighted by Gasteiger charge is 2.75. The molecule has 13 heavy (non-hydrogen) atoms. The lowest BCUT2D eigenvalue weighted by Gasteiger charge is -2.27. The van der Waals surface area contributed by atoms with Crippen LogP contribution in [0.4, 0.5) is 26.3 Å². The van der Waals surface area contributed by atoms with Gasteiger partial charge in [0, 0.05) is 0 Å². The van der Waals surface area contributed by atoms with E-state index >= 15 is 0 Å². The van der Waals surface area contributed by atoms with Crippen LogP contribution in [0, 0.1) is 0 Å². The third-order valence-corrected chi connectivity index (χ3v) is 1.38. The summed E-state index contributed by atoms with van der Waals surface area (Å²) >= 11 is 3.79. The van der Waals surface area contributed by atoms with Gasteiger partial charge in [-0.15, -0.1) is 0 Å². The second-order valence-electron chi connectivity index (χ2n) is 2.02. The monoisotopic (exact) mass is 229 g/mol. The van der Waals surface area contributed by atoms with Gasteiger partial charge in [0.2, 0.25) is 0 Å². The second kappa shape index (κ2) is 2.93. The van der Waals surface area contributed by atoms with E-state index in [4.69, 9.17) is 0 Å². The van der Waals surface area contributed by atoms with Gasteiger partial charge >= 0.3 is 17.2 Å². The summed E-state index contributed by atoms with van der Waals surface area (Å²) in [6.07, 6.45) is -6.16. The highest BCUT2D eigenvalue weighted by molar-refractivity contribution is 6.24. The van der Waals surface area contributed by atoms with Gasteiger partial charge in [-0.1, -0.05) is 0 Å². The highest BCUT2D eigenvalue weighted by Crippen LogP contribution is 2.47. The topological polar surface area (TPSA) is 43.1 Å². The molecule has 0 aliphatic rings. The van der Waals surface area contributed by atoms with E-state index in [1.54, 1.807) is 0 Å². The van der Waals surface area contributed by atoms with Crippen LogP contribution in [0.2, 0.25) is 0 Å². The van der Waals surface area contributed by atoms with Gasteiger partial charge < -0.3 is 5.73 Å². The third-order valence-electron chi connectivity index (χ3n) is 1.12. The summed E-state index contributed by atoms with van der Waals surface area (Å²) in [5, 5.41) is -5.43. The number of carbonyl (C=O) groups excluding carboxylic acids is 1. The summed E-state index contributed by atoms with van der Waals surface area (Å²) < 4.78 is 71.1. The molecule has 0 bridgehead atoms. The van der Waals surface area contributed by atoms with Gasteiger partial charge in [0.05, 0.1) is 0 Å². The normalized spacial score (nSPS) is 18.1. The summed E-state index contributed by atoms with van der Waals surface area (Å²) in [5.41, 5.74) is -1.71. The van der Waals surface area contributed by atoms with Crippen molar-refractivity contribution in [2.24, 2.45) is 5.73 Å². The Hall–Kier alpha value is -0.660. The summed E-state index contributed by atoms with van der Waals surface area (Å²) in [6.45, 7) is 0. The molecule has 0 heterocycles. The maximum atomic E-state index is 12.4. The highest BCUT2D eigenvalue weighted by atomic mass is 35.5. The van der Waals surface area contributed by atoms with Crippen molar-refractivity contribution in [3.8, 4) is 0 Å². The van der Waals surface area contributed by atoms with E-state index in [-0.39, 0.29) is 0 Å². The molecule has 9 heteroatoms. The summed E-state index contributed by atoms with van der Waals surface area (Å²) in [5.74, 6) is -2.89. The maximum absolute atomic E-state index is 12.4. The Morgan fingerprint density at radius 3 is 1.38 bits per heavy atom. The van der Waals surface area contributed by atoms with Crippen LogP contribution in [0.15, 0.2) is 0 Å². The molecule has 0 aromatic carbocycles. The largest absolute Gasteiger partial charge is 0.439 e. The molecule has 1 unspecified atom stereocenters. The van der Waals surface area contributed by atoms with Crippen molar-refractivity contribution in [1.82, 2.24) is 0 Å². The lowest BCUT2D eigenvalue weighted by molar-refractivity contribution is -0.266. The van der Waals surface area contributed by atoms with E-state index in [1.165, 1.54) is 0 Å². The SMILES string of the molecule is NC(=O)C(F)(C(F)(F)F)C(F)(F)Cl. The van der Waals surface area contributed by atoms with Crippen molar-refractivity contribution in [2.75, 3.05) is 0 Å². The molecule has 2 nitrogen and oxygen atoms in total. The molecule has 1 atom stereocenters. The van der Waals surface area contributed by atoms with E-state index in [1.807, 2.05) is 0 Å². The molecule has 0 saturated carbocycles. The fraction of sp³-hybridized carbons (Fsp3) is 0.750. The predicted molar refractivity (Wildman–Crippen MR) is 29.9 cm³/mol. The zero-order valence-corrected chi connectivity index (χ0v) is 6.39. The van der Waals surface area contributed by atoms with Crippen molar-refractivity contribution in [1.29, 1.82) is 0 Å². The zero-order chi connectivity index (χ0) is 11.1. The Morgan fingerprint density at radius 2 is 1.38 bits per heavy atom. The van der Waals surface area contributed by atoms with E-state index < -0.39 is 23.1 Å². The number of hydrogen-bond donors (Lipinski definition) is 1. The van der Waals surface area contributed by atoms with E-state index in [9.17, 15) is 31.1 Å². The molecule has 0 aliphatic heterocycles. The molecule has 78 valence electrons. The van der Waals surface area contributed by atoms with Crippen LogP contribution in [0.5, 0.6) is 0 Å². The van der Waals surface area contributed by atoms with Crippen molar-refractivity contribution < 1.29 is 31.1 Å². The average Bonchev–Trinajstić information content (AvgIpc) is 1.80. The van der Waals surface area contributed by atoms with Crippen LogP contribution in [0.1, 0.15) is 0 Å². The second-order valence-corrected chi connectivity index (χ2v) is 2.49. The Morgan fingerprint density at radius 1 is 1.08 bits per heavy atom. The fourth-order valence-electron chi connectivity index (χ4n) is 0.440. The number of halogens is 7. The number of amides is 1. The minimum absolute atomic E-state index is 2.89. The van der Waals surface area contributed by atoms with Crippen LogP contribution in [-0.2, 0) is 4.79 Å². The van der Waals surface area contributed by atoms with Crippen LogP contribution in [0.25, 0.3) is 0 Å². The lowest BCUT2D eigenvalue weighted by Crippen LogP contribution is -2.61. The summed E-state index contributed by atoms with van der Waals surface area (Å²) in [7, 11) is 0. The van der Waals surface area contributed by atoms with Crippen LogP contribution in [0.3, 0.4) is 0 Å². The van der Waals surface area contributed by atoms with Gasteiger partial charge in [0.1, 0.15) is 0 Å². The molecular formula is C4H2ClF6NO. The van der Waals surface area contributed by atoms with E-state index in [0.717, 1.165) is 0 Å². The smallest absolute Gasteiger partial charge is 0.366 e. The van der Waals surface area contributed by atoms with Crippen LogP contribution < -0.4 is 5.73 Å². The Labute approximate surface area is 72.6 Å². The molecular weight excluding hydrogens is 227 g/mol. The van der Waals surface area contributed by atoms with E-state index in [0.29, 0.717) is 0 Å². The molecule has 0 rings (SSSR count). The summed E-state index contributed by atoms with van der Waals surface area (Å²) in [6, 6.07) is 0.